The molecule has 0 fully saturated rings. The molecule has 23 nitrogen and oxygen atoms in total. The van der Waals surface area contributed by atoms with Crippen molar-refractivity contribution in [3.05, 3.63) is 119 Å². The van der Waals surface area contributed by atoms with Gasteiger partial charge in [0.2, 0.25) is 5.69 Å². The van der Waals surface area contributed by atoms with Crippen LogP contribution in [0.1, 0.15) is 67.8 Å². The lowest BCUT2D eigenvalue weighted by atomic mass is 9.79. The number of benzene rings is 4. The molecule has 5 aromatic rings. The Bertz CT molecular complexity index is 4110. The number of aromatic nitrogens is 1. The fraction of sp³-hybridized carbons (Fsp3) is 0.267. The molecular weight excluding hydrogens is 1090 g/mol. The highest BCUT2D eigenvalue weighted by Crippen LogP contribution is 2.52. The van der Waals surface area contributed by atoms with Gasteiger partial charge in [-0.05, 0) is 97.3 Å². The summed E-state index contributed by atoms with van der Waals surface area (Å²) in [5.41, 5.74) is -1.23. The molecule has 0 aliphatic carbocycles. The van der Waals surface area contributed by atoms with Gasteiger partial charge in [0.15, 0.2) is 5.71 Å². The standard InChI is InChI=1S/C45H45N3O20S6/c1-44(2)39(47(18-6-20-69(51,52)53)35-14-12-29-31(41(35)44)22-27(71(57,58)59)24-37(29)73(63,64)65)16-10-26(33-8-5-9-34(46-33)43(49)50)11-17-40-45(3,4)42-32-23-28(72(60,61)62)25-38(74(66,67)68)30(32)13-15-36(42)48(40)19-7-21-70(54,55)56/h5,8-17,22-25H,6-7,18-21H2,1-4H3,(H6-,49,50,51,52,53,54,55,56,57,58,59,60,61,62,63,64,65,66,67,68)/p+1. The van der Waals surface area contributed by atoms with Gasteiger partial charge >= 0.3 is 5.97 Å². The maximum absolute atomic E-state index is 12.7. The first-order chi connectivity index (χ1) is 33.8. The first kappa shape index (κ1) is 55.9. The Kier molecular flexibility index (Phi) is 14.4. The summed E-state index contributed by atoms with van der Waals surface area (Å²) in [5.74, 6) is -2.87. The number of carboxylic acids is 1. The van der Waals surface area contributed by atoms with Crippen LogP contribution in [0.4, 0.5) is 11.4 Å². The number of allylic oxidation sites excluding steroid dienone is 6. The fourth-order valence-electron chi connectivity index (χ4n) is 9.57. The molecule has 0 saturated carbocycles. The van der Waals surface area contributed by atoms with Gasteiger partial charge in [0, 0.05) is 63.8 Å². The number of carbonyl (C=O) groups is 1. The van der Waals surface area contributed by atoms with E-state index in [1.165, 1.54) is 66.8 Å². The van der Waals surface area contributed by atoms with E-state index in [4.69, 9.17) is 0 Å². The second-order valence-corrected chi connectivity index (χ2v) is 27.1. The van der Waals surface area contributed by atoms with Crippen molar-refractivity contribution in [3.63, 3.8) is 0 Å². The first-order valence-electron chi connectivity index (χ1n) is 21.6. The predicted molar refractivity (Wildman–Crippen MR) is 269 cm³/mol. The van der Waals surface area contributed by atoms with Crippen LogP contribution in [0.25, 0.3) is 27.1 Å². The van der Waals surface area contributed by atoms with E-state index in [9.17, 15) is 87.7 Å². The molecule has 0 unspecified atom stereocenters. The molecule has 29 heteroatoms. The van der Waals surface area contributed by atoms with Gasteiger partial charge in [-0.25, -0.2) is 9.78 Å². The van der Waals surface area contributed by atoms with Crippen molar-refractivity contribution in [2.75, 3.05) is 29.5 Å². The van der Waals surface area contributed by atoms with E-state index < -0.39 is 114 Å². The Morgan fingerprint density at radius 2 is 1.14 bits per heavy atom. The maximum Gasteiger partial charge on any atom is 0.354 e. The van der Waals surface area contributed by atoms with Gasteiger partial charge < -0.3 is 10.0 Å². The molecule has 7 rings (SSSR count). The number of nitrogens with zero attached hydrogens (tertiary/aromatic N) is 3. The number of pyridine rings is 1. The van der Waals surface area contributed by atoms with Crippen molar-refractivity contribution in [1.82, 2.24) is 4.98 Å². The van der Waals surface area contributed by atoms with E-state index in [1.54, 1.807) is 37.2 Å². The number of rotatable bonds is 17. The van der Waals surface area contributed by atoms with Gasteiger partial charge in [0.1, 0.15) is 22.0 Å². The van der Waals surface area contributed by atoms with Crippen molar-refractivity contribution in [1.29, 1.82) is 0 Å². The van der Waals surface area contributed by atoms with Gasteiger partial charge in [0.05, 0.1) is 32.4 Å². The van der Waals surface area contributed by atoms with Crippen molar-refractivity contribution < 1.29 is 92.3 Å². The van der Waals surface area contributed by atoms with Gasteiger partial charge in [0.25, 0.3) is 60.7 Å². The second-order valence-electron chi connectivity index (χ2n) is 18.3. The van der Waals surface area contributed by atoms with Crippen LogP contribution in [0.2, 0.25) is 0 Å². The normalized spacial score (nSPS) is 17.0. The summed E-state index contributed by atoms with van der Waals surface area (Å²) in [5, 5.41) is 9.53. The molecule has 2 aliphatic rings. The Balaban J connectivity index is 1.50. The average Bonchev–Trinajstić information content (AvgIpc) is 3.61. The third-order valence-corrected chi connectivity index (χ3v) is 17.7. The van der Waals surface area contributed by atoms with Crippen LogP contribution in [0.15, 0.2) is 116 Å². The van der Waals surface area contributed by atoms with Gasteiger partial charge in [-0.2, -0.15) is 55.1 Å². The summed E-state index contributed by atoms with van der Waals surface area (Å²) in [4.78, 5) is 14.7. The largest absolute Gasteiger partial charge is 0.477 e. The molecule has 4 aromatic carbocycles. The quantitative estimate of drug-likeness (QED) is 0.0351. The van der Waals surface area contributed by atoms with E-state index in [0.29, 0.717) is 23.5 Å². The van der Waals surface area contributed by atoms with E-state index in [2.05, 4.69) is 4.98 Å². The van der Waals surface area contributed by atoms with Crippen LogP contribution in [-0.2, 0) is 71.5 Å². The summed E-state index contributed by atoms with van der Waals surface area (Å²) in [6, 6.07) is 12.6. The smallest absolute Gasteiger partial charge is 0.354 e. The Labute approximate surface area is 425 Å². The lowest BCUT2D eigenvalue weighted by Crippen LogP contribution is -2.28. The third kappa shape index (κ3) is 11.2. The number of aromatic carboxylic acids is 1. The van der Waals surface area contributed by atoms with E-state index in [0.717, 1.165) is 12.1 Å². The summed E-state index contributed by atoms with van der Waals surface area (Å²) in [6.45, 7) is 6.26. The number of carboxylic acid groups (broad SMARTS) is 1. The third-order valence-electron chi connectivity index (χ3n) is 12.6. The number of anilines is 1. The molecule has 2 aliphatic heterocycles. The fourth-order valence-corrected chi connectivity index (χ4v) is 13.2. The second kappa shape index (κ2) is 19.1. The molecule has 1 aromatic heterocycles. The molecular formula is C45H46N3O20S6+. The van der Waals surface area contributed by atoms with Crippen LogP contribution < -0.4 is 4.90 Å². The van der Waals surface area contributed by atoms with E-state index in [-0.39, 0.29) is 81.2 Å². The molecule has 74 heavy (non-hydrogen) atoms. The highest BCUT2D eigenvalue weighted by atomic mass is 32.2. The molecule has 396 valence electrons. The topological polar surface area (TPSA) is 383 Å². The minimum atomic E-state index is -5.14. The molecule has 7 N–H and O–H groups in total. The lowest BCUT2D eigenvalue weighted by molar-refractivity contribution is -0.437. The summed E-state index contributed by atoms with van der Waals surface area (Å²) in [7, 11) is -29.5. The first-order valence-corrected chi connectivity index (χ1v) is 30.6. The summed E-state index contributed by atoms with van der Waals surface area (Å²) in [6.07, 6.45) is 5.57. The SMILES string of the molecule is CC1(C)C(/C=C/C(=C/C=C2/N(CCCS(=O)(=O)O)c3ccc4c(S(=O)(=O)O)cc(S(=O)(=O)O)cc4c3C2(C)C)c2cccc(C(=O)O)n2)=[N+](CCCS(=O)(=O)O)c2ccc3c(S(=O)(=O)O)cc(S(=O)(=O)O)cc3c21. The lowest BCUT2D eigenvalue weighted by Gasteiger charge is -2.27. The zero-order valence-corrected chi connectivity index (χ0v) is 44.0. The minimum Gasteiger partial charge on any atom is -0.477 e. The molecule has 0 amide bonds. The predicted octanol–water partition coefficient (Wildman–Crippen LogP) is 5.33. The summed E-state index contributed by atoms with van der Waals surface area (Å²) < 4.78 is 210. The Morgan fingerprint density at radius 1 is 0.622 bits per heavy atom. The molecule has 0 saturated heterocycles. The van der Waals surface area contributed by atoms with Gasteiger partial charge in [-0.3, -0.25) is 27.3 Å². The van der Waals surface area contributed by atoms with Crippen molar-refractivity contribution >= 4 is 111 Å². The van der Waals surface area contributed by atoms with E-state index >= 15 is 0 Å². The van der Waals surface area contributed by atoms with Crippen molar-refractivity contribution in [2.45, 2.75) is 70.9 Å². The summed E-state index contributed by atoms with van der Waals surface area (Å²) >= 11 is 0. The van der Waals surface area contributed by atoms with Crippen LogP contribution in [-0.4, -0.2) is 129 Å². The molecule has 3 heterocycles. The molecule has 0 bridgehead atoms. The number of hydrogen-bond acceptors (Lipinski definition) is 15. The Hall–Kier alpha value is -5.83. The van der Waals surface area contributed by atoms with Crippen LogP contribution in [0, 0.1) is 0 Å². The zero-order valence-electron chi connectivity index (χ0n) is 39.1. The van der Waals surface area contributed by atoms with Crippen LogP contribution >= 0.6 is 0 Å². The number of fused-ring (bicyclic) bond motifs is 6. The molecule has 0 spiro atoms. The maximum atomic E-state index is 12.7. The van der Waals surface area contributed by atoms with Crippen molar-refractivity contribution in [2.24, 2.45) is 0 Å². The molecule has 0 radical (unpaired) electrons. The highest BCUT2D eigenvalue weighted by Gasteiger charge is 2.47. The monoisotopic (exact) mass is 1140 g/mol. The van der Waals surface area contributed by atoms with Gasteiger partial charge in [-0.1, -0.05) is 32.1 Å². The van der Waals surface area contributed by atoms with Crippen molar-refractivity contribution in [3.8, 4) is 0 Å². The molecule has 0 atom stereocenters. The van der Waals surface area contributed by atoms with Crippen LogP contribution in [0.5, 0.6) is 0 Å². The Morgan fingerprint density at radius 3 is 1.65 bits per heavy atom. The highest BCUT2D eigenvalue weighted by molar-refractivity contribution is 7.87. The van der Waals surface area contributed by atoms with E-state index in [1.807, 2.05) is 0 Å². The minimum absolute atomic E-state index is 0.0261. The van der Waals surface area contributed by atoms with Crippen LogP contribution in [0.3, 0.4) is 0 Å². The van der Waals surface area contributed by atoms with Gasteiger partial charge in [-0.15, -0.1) is 0 Å². The average molecular weight is 1140 g/mol. The zero-order chi connectivity index (χ0) is 55.1. The number of hydrogen-bond donors (Lipinski definition) is 7.